The zero-order valence-corrected chi connectivity index (χ0v) is 12.1. The summed E-state index contributed by atoms with van der Waals surface area (Å²) in [5, 5.41) is 3.29. The zero-order valence-electron chi connectivity index (χ0n) is 12.1. The van der Waals surface area contributed by atoms with Crippen molar-refractivity contribution in [1.29, 1.82) is 0 Å². The van der Waals surface area contributed by atoms with E-state index in [0.717, 1.165) is 18.0 Å². The molecule has 1 aromatic carbocycles. The van der Waals surface area contributed by atoms with Gasteiger partial charge < -0.3 is 19.5 Å². The quantitative estimate of drug-likeness (QED) is 0.661. The van der Waals surface area contributed by atoms with E-state index in [0.29, 0.717) is 32.5 Å². The van der Waals surface area contributed by atoms with E-state index in [2.05, 4.69) is 19.2 Å². The Balaban J connectivity index is 2.05. The molecule has 4 heteroatoms. The molecule has 0 aliphatic rings. The van der Waals surface area contributed by atoms with Crippen LogP contribution >= 0.6 is 0 Å². The predicted molar refractivity (Wildman–Crippen MR) is 77.1 cm³/mol. The summed E-state index contributed by atoms with van der Waals surface area (Å²) >= 11 is 0. The number of nitrogens with one attached hydrogen (secondary N) is 1. The van der Waals surface area contributed by atoms with Crippen LogP contribution in [0.4, 0.5) is 0 Å². The van der Waals surface area contributed by atoms with Gasteiger partial charge >= 0.3 is 0 Å². The van der Waals surface area contributed by atoms with E-state index in [9.17, 15) is 0 Å². The van der Waals surface area contributed by atoms with E-state index in [1.54, 1.807) is 0 Å². The van der Waals surface area contributed by atoms with Crippen molar-refractivity contribution < 1.29 is 14.2 Å². The SMILES string of the molecule is CCOc1ccc(OCCOCCNC(C)C)cc1. The average Bonchev–Trinajstić information content (AvgIpc) is 2.39. The van der Waals surface area contributed by atoms with E-state index < -0.39 is 0 Å². The molecule has 1 aromatic rings. The highest BCUT2D eigenvalue weighted by molar-refractivity contribution is 5.31. The van der Waals surface area contributed by atoms with Crippen LogP contribution < -0.4 is 14.8 Å². The van der Waals surface area contributed by atoms with Gasteiger partial charge in [0.2, 0.25) is 0 Å². The Labute approximate surface area is 116 Å². The van der Waals surface area contributed by atoms with Gasteiger partial charge in [-0.25, -0.2) is 0 Å². The summed E-state index contributed by atoms with van der Waals surface area (Å²) in [4.78, 5) is 0. The first-order valence-corrected chi connectivity index (χ1v) is 6.89. The molecule has 0 saturated carbocycles. The van der Waals surface area contributed by atoms with Gasteiger partial charge in [0.15, 0.2) is 0 Å². The summed E-state index contributed by atoms with van der Waals surface area (Å²) in [6, 6.07) is 8.14. The minimum absolute atomic E-state index is 0.503. The molecule has 0 bridgehead atoms. The maximum absolute atomic E-state index is 5.57. The first-order chi connectivity index (χ1) is 9.22. The molecule has 0 spiro atoms. The van der Waals surface area contributed by atoms with Crippen molar-refractivity contribution >= 4 is 0 Å². The van der Waals surface area contributed by atoms with Crippen molar-refractivity contribution in [1.82, 2.24) is 5.32 Å². The van der Waals surface area contributed by atoms with Crippen LogP contribution in [0.2, 0.25) is 0 Å². The Morgan fingerprint density at radius 3 is 2.16 bits per heavy atom. The highest BCUT2D eigenvalue weighted by atomic mass is 16.5. The van der Waals surface area contributed by atoms with Crippen molar-refractivity contribution in [3.8, 4) is 11.5 Å². The number of ether oxygens (including phenoxy) is 3. The first-order valence-electron chi connectivity index (χ1n) is 6.89. The van der Waals surface area contributed by atoms with Crippen LogP contribution in [0.25, 0.3) is 0 Å². The molecular formula is C15H25NO3. The third-order valence-electron chi connectivity index (χ3n) is 2.43. The lowest BCUT2D eigenvalue weighted by molar-refractivity contribution is 0.101. The monoisotopic (exact) mass is 267 g/mol. The molecule has 1 N–H and O–H groups in total. The van der Waals surface area contributed by atoms with Gasteiger partial charge in [-0.1, -0.05) is 13.8 Å². The molecule has 1 rings (SSSR count). The maximum atomic E-state index is 5.57. The molecule has 19 heavy (non-hydrogen) atoms. The molecule has 0 aromatic heterocycles. The Morgan fingerprint density at radius 2 is 1.58 bits per heavy atom. The van der Waals surface area contributed by atoms with Crippen LogP contribution in [-0.4, -0.2) is 39.0 Å². The first kappa shape index (κ1) is 15.8. The Bertz CT molecular complexity index is 325. The molecule has 0 unspecified atom stereocenters. The minimum Gasteiger partial charge on any atom is -0.494 e. The molecule has 0 aliphatic heterocycles. The minimum atomic E-state index is 0.503. The predicted octanol–water partition coefficient (Wildman–Crippen LogP) is 2.48. The van der Waals surface area contributed by atoms with Crippen LogP contribution in [0, 0.1) is 0 Å². The lowest BCUT2D eigenvalue weighted by atomic mass is 10.3. The molecular weight excluding hydrogens is 242 g/mol. The van der Waals surface area contributed by atoms with Crippen LogP contribution in [0.1, 0.15) is 20.8 Å². The van der Waals surface area contributed by atoms with Gasteiger partial charge in [-0.05, 0) is 31.2 Å². The van der Waals surface area contributed by atoms with Crippen molar-refractivity contribution in [3.05, 3.63) is 24.3 Å². The fourth-order valence-corrected chi connectivity index (χ4v) is 1.54. The Kier molecular flexibility index (Phi) is 8.02. The lowest BCUT2D eigenvalue weighted by Crippen LogP contribution is -2.27. The van der Waals surface area contributed by atoms with Gasteiger partial charge in [-0.3, -0.25) is 0 Å². The van der Waals surface area contributed by atoms with Crippen molar-refractivity contribution in [2.75, 3.05) is 33.0 Å². The van der Waals surface area contributed by atoms with Crippen LogP contribution in [0.3, 0.4) is 0 Å². The van der Waals surface area contributed by atoms with Gasteiger partial charge in [-0.15, -0.1) is 0 Å². The summed E-state index contributed by atoms with van der Waals surface area (Å²) in [6.45, 7) is 9.65. The van der Waals surface area contributed by atoms with Crippen LogP contribution in [-0.2, 0) is 4.74 Å². The second-order valence-electron chi connectivity index (χ2n) is 4.47. The molecule has 108 valence electrons. The van der Waals surface area contributed by atoms with Gasteiger partial charge in [0, 0.05) is 12.6 Å². The summed E-state index contributed by atoms with van der Waals surface area (Å²) in [6.07, 6.45) is 0. The van der Waals surface area contributed by atoms with Crippen molar-refractivity contribution in [3.63, 3.8) is 0 Å². The number of rotatable bonds is 10. The van der Waals surface area contributed by atoms with E-state index in [1.807, 2.05) is 31.2 Å². The molecule has 0 radical (unpaired) electrons. The molecule has 0 saturated heterocycles. The highest BCUT2D eigenvalue weighted by Gasteiger charge is 1.96. The number of hydrogen-bond donors (Lipinski definition) is 1. The summed E-state index contributed by atoms with van der Waals surface area (Å²) < 4.78 is 16.4. The standard InChI is InChI=1S/C15H25NO3/c1-4-18-14-5-7-15(8-6-14)19-12-11-17-10-9-16-13(2)3/h5-8,13,16H,4,9-12H2,1-3H3. The topological polar surface area (TPSA) is 39.7 Å². The normalized spacial score (nSPS) is 10.7. The highest BCUT2D eigenvalue weighted by Crippen LogP contribution is 2.17. The number of hydrogen-bond acceptors (Lipinski definition) is 4. The maximum Gasteiger partial charge on any atom is 0.119 e. The largest absolute Gasteiger partial charge is 0.494 e. The third kappa shape index (κ3) is 7.70. The average molecular weight is 267 g/mol. The van der Waals surface area contributed by atoms with E-state index in [1.165, 1.54) is 0 Å². The second kappa shape index (κ2) is 9.64. The van der Waals surface area contributed by atoms with Crippen molar-refractivity contribution in [2.45, 2.75) is 26.8 Å². The Hall–Kier alpha value is -1.26. The van der Waals surface area contributed by atoms with E-state index in [-0.39, 0.29) is 0 Å². The van der Waals surface area contributed by atoms with E-state index in [4.69, 9.17) is 14.2 Å². The molecule has 0 amide bonds. The summed E-state index contributed by atoms with van der Waals surface area (Å²) in [5.41, 5.74) is 0. The molecule has 0 atom stereocenters. The number of benzene rings is 1. The van der Waals surface area contributed by atoms with Crippen LogP contribution in [0.15, 0.2) is 24.3 Å². The van der Waals surface area contributed by atoms with Crippen molar-refractivity contribution in [2.24, 2.45) is 0 Å². The third-order valence-corrected chi connectivity index (χ3v) is 2.43. The van der Waals surface area contributed by atoms with Crippen LogP contribution in [0.5, 0.6) is 11.5 Å². The molecule has 4 nitrogen and oxygen atoms in total. The Morgan fingerprint density at radius 1 is 0.947 bits per heavy atom. The fraction of sp³-hybridized carbons (Fsp3) is 0.600. The van der Waals surface area contributed by atoms with Gasteiger partial charge in [0.1, 0.15) is 18.1 Å². The molecule has 0 fully saturated rings. The van der Waals surface area contributed by atoms with Gasteiger partial charge in [0.05, 0.1) is 19.8 Å². The second-order valence-corrected chi connectivity index (χ2v) is 4.47. The smallest absolute Gasteiger partial charge is 0.119 e. The lowest BCUT2D eigenvalue weighted by Gasteiger charge is -2.10. The molecule has 0 heterocycles. The van der Waals surface area contributed by atoms with Gasteiger partial charge in [-0.2, -0.15) is 0 Å². The fourth-order valence-electron chi connectivity index (χ4n) is 1.54. The summed E-state index contributed by atoms with van der Waals surface area (Å²) in [7, 11) is 0. The van der Waals surface area contributed by atoms with Gasteiger partial charge in [0.25, 0.3) is 0 Å². The zero-order chi connectivity index (χ0) is 13.9. The summed E-state index contributed by atoms with van der Waals surface area (Å²) in [5.74, 6) is 1.71. The van der Waals surface area contributed by atoms with E-state index >= 15 is 0 Å². The molecule has 0 aliphatic carbocycles.